The van der Waals surface area contributed by atoms with Gasteiger partial charge in [0, 0.05) is 16.8 Å². The summed E-state index contributed by atoms with van der Waals surface area (Å²) in [5, 5.41) is 1.46. The molecule has 0 amide bonds. The third-order valence-electron chi connectivity index (χ3n) is 4.87. The van der Waals surface area contributed by atoms with Crippen LogP contribution in [0.1, 0.15) is 25.7 Å². The Kier molecular flexibility index (Phi) is 5.08. The lowest BCUT2D eigenvalue weighted by molar-refractivity contribution is 0.296. The Labute approximate surface area is 143 Å². The Morgan fingerprint density at radius 3 is 2.54 bits per heavy atom. The smallest absolute Gasteiger partial charge is 0.241 e. The number of methoxy groups -OCH3 is 1. The van der Waals surface area contributed by atoms with E-state index in [0.717, 1.165) is 31.1 Å². The first-order valence-corrected chi connectivity index (χ1v) is 9.83. The highest BCUT2D eigenvalue weighted by Crippen LogP contribution is 2.32. The van der Waals surface area contributed by atoms with Crippen molar-refractivity contribution >= 4 is 20.8 Å². The second kappa shape index (κ2) is 7.09. The van der Waals surface area contributed by atoms with Crippen molar-refractivity contribution in [1.82, 2.24) is 4.72 Å². The molecular formula is C18H24N2O3S. The van der Waals surface area contributed by atoms with Crippen molar-refractivity contribution in [3.05, 3.63) is 36.4 Å². The number of benzene rings is 2. The zero-order valence-electron chi connectivity index (χ0n) is 13.9. The fraction of sp³-hybridized carbons (Fsp3) is 0.444. The van der Waals surface area contributed by atoms with E-state index in [1.54, 1.807) is 19.2 Å². The van der Waals surface area contributed by atoms with Gasteiger partial charge in [0.15, 0.2) is 0 Å². The molecule has 5 nitrogen and oxygen atoms in total. The van der Waals surface area contributed by atoms with Crippen molar-refractivity contribution < 1.29 is 13.2 Å². The average molecular weight is 348 g/mol. The normalized spacial score (nSPS) is 21.8. The molecule has 3 rings (SSSR count). The topological polar surface area (TPSA) is 81.4 Å². The van der Waals surface area contributed by atoms with Crippen LogP contribution in [0.2, 0.25) is 0 Å². The minimum Gasteiger partial charge on any atom is -0.496 e. The zero-order chi connectivity index (χ0) is 17.2. The van der Waals surface area contributed by atoms with E-state index in [1.807, 2.05) is 24.3 Å². The lowest BCUT2D eigenvalue weighted by Crippen LogP contribution is -2.44. The Bertz CT molecular complexity index is 820. The fourth-order valence-corrected chi connectivity index (χ4v) is 5.11. The average Bonchev–Trinajstić information content (AvgIpc) is 2.60. The van der Waals surface area contributed by atoms with Crippen molar-refractivity contribution in [3.63, 3.8) is 0 Å². The minimum absolute atomic E-state index is 0.0883. The Morgan fingerprint density at radius 1 is 1.12 bits per heavy atom. The Hall–Kier alpha value is -1.63. The van der Waals surface area contributed by atoms with Gasteiger partial charge >= 0.3 is 0 Å². The molecule has 24 heavy (non-hydrogen) atoms. The maximum Gasteiger partial charge on any atom is 0.241 e. The molecule has 2 unspecified atom stereocenters. The molecule has 2 atom stereocenters. The molecule has 0 heterocycles. The summed E-state index contributed by atoms with van der Waals surface area (Å²) in [5.74, 6) is 0.875. The van der Waals surface area contributed by atoms with Crippen LogP contribution in [0.3, 0.4) is 0 Å². The molecule has 0 aromatic heterocycles. The summed E-state index contributed by atoms with van der Waals surface area (Å²) in [4.78, 5) is 0.292. The Balaban J connectivity index is 1.99. The number of nitrogens with one attached hydrogen (secondary N) is 1. The van der Waals surface area contributed by atoms with Crippen LogP contribution in [0.25, 0.3) is 10.8 Å². The molecule has 130 valence electrons. The summed E-state index contributed by atoms with van der Waals surface area (Å²) in [5.41, 5.74) is 5.83. The first kappa shape index (κ1) is 17.2. The molecule has 1 fully saturated rings. The second-order valence-electron chi connectivity index (χ2n) is 6.32. The van der Waals surface area contributed by atoms with Crippen molar-refractivity contribution in [3.8, 4) is 5.75 Å². The number of fused-ring (bicyclic) bond motifs is 1. The van der Waals surface area contributed by atoms with Gasteiger partial charge in [0.25, 0.3) is 0 Å². The number of sulfonamides is 1. The number of ether oxygens (including phenoxy) is 1. The van der Waals surface area contributed by atoms with E-state index < -0.39 is 10.0 Å². The molecule has 2 aromatic rings. The van der Waals surface area contributed by atoms with Gasteiger partial charge in [-0.3, -0.25) is 0 Å². The summed E-state index contributed by atoms with van der Waals surface area (Å²) < 4.78 is 34.2. The maximum atomic E-state index is 13.0. The Morgan fingerprint density at radius 2 is 1.83 bits per heavy atom. The highest BCUT2D eigenvalue weighted by atomic mass is 32.2. The van der Waals surface area contributed by atoms with E-state index in [0.29, 0.717) is 22.6 Å². The first-order valence-electron chi connectivity index (χ1n) is 8.35. The largest absolute Gasteiger partial charge is 0.496 e. The van der Waals surface area contributed by atoms with Crippen molar-refractivity contribution in [2.75, 3.05) is 13.7 Å². The van der Waals surface area contributed by atoms with E-state index in [4.69, 9.17) is 10.5 Å². The molecule has 1 aliphatic rings. The fourth-order valence-electron chi connectivity index (χ4n) is 3.56. The monoisotopic (exact) mass is 348 g/mol. The van der Waals surface area contributed by atoms with E-state index in [1.165, 1.54) is 0 Å². The molecule has 0 saturated heterocycles. The van der Waals surface area contributed by atoms with Crippen LogP contribution in [-0.4, -0.2) is 28.1 Å². The van der Waals surface area contributed by atoms with Crippen LogP contribution in [0.15, 0.2) is 41.3 Å². The summed E-state index contributed by atoms with van der Waals surface area (Å²) >= 11 is 0. The molecule has 0 spiro atoms. The van der Waals surface area contributed by atoms with Gasteiger partial charge in [0.1, 0.15) is 5.75 Å². The van der Waals surface area contributed by atoms with Crippen LogP contribution >= 0.6 is 0 Å². The van der Waals surface area contributed by atoms with Gasteiger partial charge in [0.05, 0.1) is 12.0 Å². The van der Waals surface area contributed by atoms with E-state index in [9.17, 15) is 8.42 Å². The number of hydrogen-bond donors (Lipinski definition) is 2. The van der Waals surface area contributed by atoms with Crippen LogP contribution < -0.4 is 15.2 Å². The van der Waals surface area contributed by atoms with Gasteiger partial charge in [-0.25, -0.2) is 13.1 Å². The SMILES string of the molecule is COc1ccc(S(=O)(=O)NC2CCCCC2CN)c2ccccc12. The molecule has 0 radical (unpaired) electrons. The third-order valence-corrected chi connectivity index (χ3v) is 6.42. The quantitative estimate of drug-likeness (QED) is 0.870. The van der Waals surface area contributed by atoms with Crippen molar-refractivity contribution in [2.45, 2.75) is 36.6 Å². The van der Waals surface area contributed by atoms with Gasteiger partial charge in [-0.1, -0.05) is 37.1 Å². The summed E-state index contributed by atoms with van der Waals surface area (Å²) in [7, 11) is -2.03. The molecule has 1 aliphatic carbocycles. The van der Waals surface area contributed by atoms with Gasteiger partial charge in [-0.2, -0.15) is 0 Å². The summed E-state index contributed by atoms with van der Waals surface area (Å²) in [6, 6.07) is 10.6. The summed E-state index contributed by atoms with van der Waals surface area (Å²) in [6.07, 6.45) is 3.97. The first-order chi connectivity index (χ1) is 11.6. The van der Waals surface area contributed by atoms with Crippen molar-refractivity contribution in [1.29, 1.82) is 0 Å². The maximum absolute atomic E-state index is 13.0. The van der Waals surface area contributed by atoms with Crippen LogP contribution in [0.5, 0.6) is 5.75 Å². The van der Waals surface area contributed by atoms with Crippen LogP contribution in [-0.2, 0) is 10.0 Å². The second-order valence-corrected chi connectivity index (χ2v) is 8.00. The highest BCUT2D eigenvalue weighted by Gasteiger charge is 2.29. The van der Waals surface area contributed by atoms with Crippen LogP contribution in [0, 0.1) is 5.92 Å². The van der Waals surface area contributed by atoms with E-state index in [2.05, 4.69) is 4.72 Å². The molecule has 0 aliphatic heterocycles. The number of nitrogens with two attached hydrogens (primary N) is 1. The molecule has 6 heteroatoms. The van der Waals surface area contributed by atoms with Gasteiger partial charge in [-0.05, 0) is 37.4 Å². The van der Waals surface area contributed by atoms with Crippen LogP contribution in [0.4, 0.5) is 0 Å². The molecule has 2 aromatic carbocycles. The lowest BCUT2D eigenvalue weighted by atomic mass is 9.85. The standard InChI is InChI=1S/C18H24N2O3S/c1-23-17-10-11-18(15-8-4-3-7-14(15)17)24(21,22)20-16-9-5-2-6-13(16)12-19/h3-4,7-8,10-11,13,16,20H,2,5-6,9,12,19H2,1H3. The predicted molar refractivity (Wildman–Crippen MR) is 95.6 cm³/mol. The highest BCUT2D eigenvalue weighted by molar-refractivity contribution is 7.89. The molecule has 0 bridgehead atoms. The lowest BCUT2D eigenvalue weighted by Gasteiger charge is -2.31. The van der Waals surface area contributed by atoms with Crippen molar-refractivity contribution in [2.24, 2.45) is 11.7 Å². The van der Waals surface area contributed by atoms with Gasteiger partial charge < -0.3 is 10.5 Å². The van der Waals surface area contributed by atoms with E-state index >= 15 is 0 Å². The molecule has 1 saturated carbocycles. The van der Waals surface area contributed by atoms with Gasteiger partial charge in [0.2, 0.25) is 10.0 Å². The zero-order valence-corrected chi connectivity index (χ0v) is 14.7. The van der Waals surface area contributed by atoms with E-state index in [-0.39, 0.29) is 12.0 Å². The predicted octanol–water partition coefficient (Wildman–Crippen LogP) is 2.64. The third kappa shape index (κ3) is 3.27. The molecule has 3 N–H and O–H groups in total. The van der Waals surface area contributed by atoms with Gasteiger partial charge in [-0.15, -0.1) is 0 Å². The molecular weight excluding hydrogens is 324 g/mol. The number of hydrogen-bond acceptors (Lipinski definition) is 4. The number of rotatable bonds is 5. The summed E-state index contributed by atoms with van der Waals surface area (Å²) in [6.45, 7) is 0.510. The minimum atomic E-state index is -3.62.